The highest BCUT2D eigenvalue weighted by atomic mass is 35.5. The Kier molecular flexibility index (Phi) is 6.07. The van der Waals surface area contributed by atoms with Gasteiger partial charge in [-0.25, -0.2) is 4.79 Å². The molecule has 2 N–H and O–H groups in total. The lowest BCUT2D eigenvalue weighted by atomic mass is 10.2. The molecule has 0 radical (unpaired) electrons. The first-order chi connectivity index (χ1) is 13.1. The SMILES string of the molecule is O=C(O)c1ccccc1N/N=C/c1ccc(OCc2cccc(Cl)c2)cc1. The van der Waals surface area contributed by atoms with E-state index in [0.717, 1.165) is 16.9 Å². The average molecular weight is 381 g/mol. The van der Waals surface area contributed by atoms with Crippen molar-refractivity contribution in [2.75, 3.05) is 5.43 Å². The molecule has 0 aliphatic rings. The summed E-state index contributed by atoms with van der Waals surface area (Å²) in [7, 11) is 0. The Morgan fingerprint density at radius 1 is 1.07 bits per heavy atom. The second-order valence-corrected chi connectivity index (χ2v) is 6.14. The molecule has 27 heavy (non-hydrogen) atoms. The van der Waals surface area contributed by atoms with Crippen LogP contribution >= 0.6 is 11.6 Å². The Balaban J connectivity index is 1.57. The van der Waals surface area contributed by atoms with Crippen molar-refractivity contribution in [1.82, 2.24) is 0 Å². The molecule has 6 heteroatoms. The van der Waals surface area contributed by atoms with Crippen molar-refractivity contribution in [3.63, 3.8) is 0 Å². The molecule has 0 saturated heterocycles. The van der Waals surface area contributed by atoms with Gasteiger partial charge < -0.3 is 9.84 Å². The fourth-order valence-corrected chi connectivity index (χ4v) is 2.60. The lowest BCUT2D eigenvalue weighted by molar-refractivity contribution is 0.0698. The number of nitrogens with one attached hydrogen (secondary N) is 1. The molecule has 3 aromatic rings. The number of carboxylic acids is 1. The molecular weight excluding hydrogens is 364 g/mol. The van der Waals surface area contributed by atoms with Gasteiger partial charge in [0.1, 0.15) is 12.4 Å². The van der Waals surface area contributed by atoms with Crippen molar-refractivity contribution in [2.45, 2.75) is 6.61 Å². The lowest BCUT2D eigenvalue weighted by Gasteiger charge is -2.07. The summed E-state index contributed by atoms with van der Waals surface area (Å²) >= 11 is 5.96. The van der Waals surface area contributed by atoms with Crippen LogP contribution in [0.2, 0.25) is 5.02 Å². The molecule has 0 unspecified atom stereocenters. The third kappa shape index (κ3) is 5.33. The average Bonchev–Trinajstić information content (AvgIpc) is 2.68. The summed E-state index contributed by atoms with van der Waals surface area (Å²) in [4.78, 5) is 11.2. The maximum atomic E-state index is 11.2. The summed E-state index contributed by atoms with van der Waals surface area (Å²) in [5.74, 6) is -0.272. The van der Waals surface area contributed by atoms with Crippen molar-refractivity contribution >= 4 is 29.5 Å². The summed E-state index contributed by atoms with van der Waals surface area (Å²) in [6.07, 6.45) is 1.61. The number of nitrogens with zero attached hydrogens (tertiary/aromatic N) is 1. The van der Waals surface area contributed by atoms with Crippen LogP contribution in [0.5, 0.6) is 5.75 Å². The number of anilines is 1. The van der Waals surface area contributed by atoms with E-state index in [1.165, 1.54) is 6.07 Å². The predicted octanol–water partition coefficient (Wildman–Crippen LogP) is 5.06. The fraction of sp³-hybridized carbons (Fsp3) is 0.0476. The van der Waals surface area contributed by atoms with Crippen LogP contribution in [-0.2, 0) is 6.61 Å². The van der Waals surface area contributed by atoms with E-state index in [-0.39, 0.29) is 5.56 Å². The predicted molar refractivity (Wildman–Crippen MR) is 107 cm³/mol. The third-order valence-electron chi connectivity index (χ3n) is 3.73. The molecule has 5 nitrogen and oxygen atoms in total. The summed E-state index contributed by atoms with van der Waals surface area (Å²) < 4.78 is 5.73. The molecule has 0 aliphatic heterocycles. The maximum Gasteiger partial charge on any atom is 0.337 e. The minimum Gasteiger partial charge on any atom is -0.489 e. The summed E-state index contributed by atoms with van der Waals surface area (Å²) in [6.45, 7) is 0.432. The topological polar surface area (TPSA) is 70.9 Å². The van der Waals surface area contributed by atoms with Gasteiger partial charge in [-0.05, 0) is 59.7 Å². The third-order valence-corrected chi connectivity index (χ3v) is 3.97. The van der Waals surface area contributed by atoms with Crippen molar-refractivity contribution in [3.8, 4) is 5.75 Å². The number of hydrogen-bond donors (Lipinski definition) is 2. The fourth-order valence-electron chi connectivity index (χ4n) is 2.39. The number of rotatable bonds is 7. The zero-order valence-electron chi connectivity index (χ0n) is 14.3. The van der Waals surface area contributed by atoms with Gasteiger partial charge in [0.15, 0.2) is 0 Å². The van der Waals surface area contributed by atoms with Crippen LogP contribution < -0.4 is 10.2 Å². The van der Waals surface area contributed by atoms with E-state index in [4.69, 9.17) is 21.4 Å². The van der Waals surface area contributed by atoms with E-state index in [0.29, 0.717) is 17.3 Å². The second kappa shape index (κ2) is 8.87. The highest BCUT2D eigenvalue weighted by Crippen LogP contribution is 2.17. The van der Waals surface area contributed by atoms with Crippen LogP contribution in [0, 0.1) is 0 Å². The Morgan fingerprint density at radius 3 is 2.59 bits per heavy atom. The van der Waals surface area contributed by atoms with Gasteiger partial charge in [0.25, 0.3) is 0 Å². The van der Waals surface area contributed by atoms with Gasteiger partial charge in [0.05, 0.1) is 17.5 Å². The summed E-state index contributed by atoms with van der Waals surface area (Å²) in [5, 5.41) is 13.9. The van der Waals surface area contributed by atoms with Crippen LogP contribution in [-0.4, -0.2) is 17.3 Å². The quantitative estimate of drug-likeness (QED) is 0.443. The Bertz CT molecular complexity index is 956. The van der Waals surface area contributed by atoms with Gasteiger partial charge in [0, 0.05) is 5.02 Å². The molecule has 0 fully saturated rings. The Morgan fingerprint density at radius 2 is 1.85 bits per heavy atom. The smallest absolute Gasteiger partial charge is 0.337 e. The first-order valence-electron chi connectivity index (χ1n) is 8.20. The molecular formula is C21H17ClN2O3. The maximum absolute atomic E-state index is 11.2. The molecule has 0 aliphatic carbocycles. The molecule has 0 saturated carbocycles. The number of para-hydroxylation sites is 1. The van der Waals surface area contributed by atoms with Crippen LogP contribution in [0.25, 0.3) is 0 Å². The summed E-state index contributed by atoms with van der Waals surface area (Å²) in [6, 6.07) is 21.5. The molecule has 0 atom stereocenters. The van der Waals surface area contributed by atoms with E-state index in [2.05, 4.69) is 10.5 Å². The van der Waals surface area contributed by atoms with Crippen LogP contribution in [0.15, 0.2) is 77.9 Å². The zero-order chi connectivity index (χ0) is 19.1. The number of ether oxygens (including phenoxy) is 1. The van der Waals surface area contributed by atoms with E-state index in [1.54, 1.807) is 24.4 Å². The van der Waals surface area contributed by atoms with E-state index < -0.39 is 5.97 Å². The van der Waals surface area contributed by atoms with Crippen LogP contribution in [0.4, 0.5) is 5.69 Å². The molecule has 136 valence electrons. The molecule has 0 amide bonds. The molecule has 0 bridgehead atoms. The monoisotopic (exact) mass is 380 g/mol. The van der Waals surface area contributed by atoms with Gasteiger partial charge in [-0.1, -0.05) is 35.9 Å². The van der Waals surface area contributed by atoms with Crippen molar-refractivity contribution in [2.24, 2.45) is 5.10 Å². The molecule has 3 aromatic carbocycles. The number of hydrogen-bond acceptors (Lipinski definition) is 4. The van der Waals surface area contributed by atoms with Gasteiger partial charge in [0.2, 0.25) is 0 Å². The van der Waals surface area contributed by atoms with Crippen LogP contribution in [0.3, 0.4) is 0 Å². The lowest BCUT2D eigenvalue weighted by Crippen LogP contribution is -2.02. The van der Waals surface area contributed by atoms with Gasteiger partial charge >= 0.3 is 5.97 Å². The number of hydrazone groups is 1. The first kappa shape index (κ1) is 18.5. The molecule has 0 aromatic heterocycles. The van der Waals surface area contributed by atoms with Crippen molar-refractivity contribution in [1.29, 1.82) is 0 Å². The number of aromatic carboxylic acids is 1. The standard InChI is InChI=1S/C21H17ClN2O3/c22-17-5-3-4-16(12-17)14-27-18-10-8-15(9-11-18)13-23-24-20-7-2-1-6-19(20)21(25)26/h1-13,24H,14H2,(H,25,26)/b23-13+. The van der Waals surface area contributed by atoms with Gasteiger partial charge in [-0.15, -0.1) is 0 Å². The van der Waals surface area contributed by atoms with E-state index >= 15 is 0 Å². The van der Waals surface area contributed by atoms with Crippen LogP contribution in [0.1, 0.15) is 21.5 Å². The molecule has 3 rings (SSSR count). The van der Waals surface area contributed by atoms with Crippen molar-refractivity contribution in [3.05, 3.63) is 94.5 Å². The van der Waals surface area contributed by atoms with E-state index in [1.807, 2.05) is 48.5 Å². The Labute approximate surface area is 161 Å². The molecule has 0 heterocycles. The Hall–Kier alpha value is -3.31. The molecule has 0 spiro atoms. The largest absolute Gasteiger partial charge is 0.489 e. The highest BCUT2D eigenvalue weighted by molar-refractivity contribution is 6.30. The second-order valence-electron chi connectivity index (χ2n) is 5.71. The number of halogens is 1. The number of benzene rings is 3. The van der Waals surface area contributed by atoms with E-state index in [9.17, 15) is 4.79 Å². The first-order valence-corrected chi connectivity index (χ1v) is 8.58. The van der Waals surface area contributed by atoms with Crippen molar-refractivity contribution < 1.29 is 14.6 Å². The zero-order valence-corrected chi connectivity index (χ0v) is 15.1. The minimum absolute atomic E-state index is 0.166. The number of carboxylic acid groups (broad SMARTS) is 1. The van der Waals surface area contributed by atoms with Gasteiger partial charge in [-0.3, -0.25) is 5.43 Å². The summed E-state index contributed by atoms with van der Waals surface area (Å²) in [5.41, 5.74) is 5.20. The normalized spacial score (nSPS) is 10.7. The minimum atomic E-state index is -1.01. The highest BCUT2D eigenvalue weighted by Gasteiger charge is 2.07. The van der Waals surface area contributed by atoms with Gasteiger partial charge in [-0.2, -0.15) is 5.10 Å². The number of carbonyl (C=O) groups is 1.